The summed E-state index contributed by atoms with van der Waals surface area (Å²) in [5, 5.41) is 0. The lowest BCUT2D eigenvalue weighted by atomic mass is 9.86. The summed E-state index contributed by atoms with van der Waals surface area (Å²) in [5.41, 5.74) is 3.35. The molecule has 19 heavy (non-hydrogen) atoms. The van der Waals surface area contributed by atoms with Gasteiger partial charge >= 0.3 is 0 Å². The van der Waals surface area contributed by atoms with Crippen molar-refractivity contribution < 1.29 is 9.47 Å². The SMILES string of the molecule is COc1cc2c(cc1OC)C(CCCl)=NC(C)(C)C2. The van der Waals surface area contributed by atoms with Crippen molar-refractivity contribution in [3.8, 4) is 11.5 Å². The van der Waals surface area contributed by atoms with E-state index in [1.807, 2.05) is 6.07 Å². The predicted octanol–water partition coefficient (Wildman–Crippen LogP) is 3.46. The number of ether oxygens (including phenoxy) is 2. The summed E-state index contributed by atoms with van der Waals surface area (Å²) in [6.45, 7) is 4.28. The van der Waals surface area contributed by atoms with Gasteiger partial charge in [-0.1, -0.05) is 0 Å². The van der Waals surface area contributed by atoms with Crippen LogP contribution in [-0.2, 0) is 6.42 Å². The van der Waals surface area contributed by atoms with Crippen LogP contribution in [0.1, 0.15) is 31.4 Å². The topological polar surface area (TPSA) is 30.8 Å². The fraction of sp³-hybridized carbons (Fsp3) is 0.533. The van der Waals surface area contributed by atoms with Crippen molar-refractivity contribution in [2.75, 3.05) is 20.1 Å². The van der Waals surface area contributed by atoms with E-state index in [1.165, 1.54) is 5.56 Å². The molecule has 2 rings (SSSR count). The molecule has 1 heterocycles. The van der Waals surface area contributed by atoms with Crippen LogP contribution in [0.25, 0.3) is 0 Å². The normalized spacial score (nSPS) is 16.6. The highest BCUT2D eigenvalue weighted by atomic mass is 35.5. The third-order valence-electron chi connectivity index (χ3n) is 3.31. The molecule has 0 saturated heterocycles. The van der Waals surface area contributed by atoms with Crippen molar-refractivity contribution in [2.24, 2.45) is 4.99 Å². The van der Waals surface area contributed by atoms with Crippen molar-refractivity contribution in [1.29, 1.82) is 0 Å². The largest absolute Gasteiger partial charge is 0.493 e. The monoisotopic (exact) mass is 281 g/mol. The molecule has 1 aromatic carbocycles. The molecule has 0 aliphatic carbocycles. The molecule has 1 aliphatic heterocycles. The van der Waals surface area contributed by atoms with Crippen molar-refractivity contribution in [3.63, 3.8) is 0 Å². The minimum absolute atomic E-state index is 0.0893. The van der Waals surface area contributed by atoms with Crippen LogP contribution < -0.4 is 9.47 Å². The molecule has 1 aromatic rings. The zero-order valence-electron chi connectivity index (χ0n) is 11.9. The summed E-state index contributed by atoms with van der Waals surface area (Å²) >= 11 is 5.89. The number of rotatable bonds is 4. The molecule has 0 spiro atoms. The Morgan fingerprint density at radius 3 is 2.42 bits per heavy atom. The summed E-state index contributed by atoms with van der Waals surface area (Å²) in [6.07, 6.45) is 1.67. The Morgan fingerprint density at radius 1 is 1.21 bits per heavy atom. The second-order valence-electron chi connectivity index (χ2n) is 5.35. The van der Waals surface area contributed by atoms with E-state index >= 15 is 0 Å². The van der Waals surface area contributed by atoms with Crippen LogP contribution in [0.3, 0.4) is 0 Å². The maximum absolute atomic E-state index is 5.89. The number of halogens is 1. The van der Waals surface area contributed by atoms with E-state index in [2.05, 4.69) is 19.9 Å². The molecule has 104 valence electrons. The van der Waals surface area contributed by atoms with Gasteiger partial charge in [-0.2, -0.15) is 0 Å². The zero-order valence-corrected chi connectivity index (χ0v) is 12.7. The summed E-state index contributed by atoms with van der Waals surface area (Å²) in [4.78, 5) is 4.81. The fourth-order valence-electron chi connectivity index (χ4n) is 2.55. The van der Waals surface area contributed by atoms with Crippen molar-refractivity contribution in [3.05, 3.63) is 23.3 Å². The number of nitrogens with zero attached hydrogens (tertiary/aromatic N) is 1. The molecule has 0 fully saturated rings. The molecule has 4 heteroatoms. The van der Waals surface area contributed by atoms with Gasteiger partial charge in [-0.3, -0.25) is 4.99 Å². The first-order chi connectivity index (χ1) is 9.00. The average Bonchev–Trinajstić information content (AvgIpc) is 2.36. The van der Waals surface area contributed by atoms with Gasteiger partial charge in [0.15, 0.2) is 11.5 Å². The standard InChI is InChI=1S/C15H20ClNO2/c1-15(2)9-10-7-13(18-3)14(19-4)8-11(10)12(17-15)5-6-16/h7-8H,5-6,9H2,1-4H3. The Morgan fingerprint density at radius 2 is 1.84 bits per heavy atom. The Labute approximate surface area is 119 Å². The van der Waals surface area contributed by atoms with Crippen LogP contribution in [0, 0.1) is 0 Å². The third kappa shape index (κ3) is 2.86. The fourth-order valence-corrected chi connectivity index (χ4v) is 2.73. The quantitative estimate of drug-likeness (QED) is 0.792. The van der Waals surface area contributed by atoms with Crippen LogP contribution >= 0.6 is 11.6 Å². The minimum Gasteiger partial charge on any atom is -0.493 e. The number of benzene rings is 1. The van der Waals surface area contributed by atoms with Crippen molar-refractivity contribution in [1.82, 2.24) is 0 Å². The molecule has 0 bridgehead atoms. The third-order valence-corrected chi connectivity index (χ3v) is 3.50. The molecule has 0 aromatic heterocycles. The molecule has 0 atom stereocenters. The van der Waals surface area contributed by atoms with Gasteiger partial charge in [0.05, 0.1) is 19.8 Å². The van der Waals surface area contributed by atoms with Gasteiger partial charge in [-0.25, -0.2) is 0 Å². The van der Waals surface area contributed by atoms with E-state index in [1.54, 1.807) is 14.2 Å². The molecule has 0 amide bonds. The van der Waals surface area contributed by atoms with E-state index in [9.17, 15) is 0 Å². The molecule has 0 unspecified atom stereocenters. The summed E-state index contributed by atoms with van der Waals surface area (Å²) in [7, 11) is 3.31. The first-order valence-corrected chi connectivity index (χ1v) is 6.94. The number of alkyl halides is 1. The van der Waals surface area contributed by atoms with Gasteiger partial charge in [0.2, 0.25) is 0 Å². The van der Waals surface area contributed by atoms with E-state index in [-0.39, 0.29) is 5.54 Å². The summed E-state index contributed by atoms with van der Waals surface area (Å²) in [5.74, 6) is 2.08. The number of hydrogen-bond acceptors (Lipinski definition) is 3. The second-order valence-corrected chi connectivity index (χ2v) is 5.73. The predicted molar refractivity (Wildman–Crippen MR) is 79.2 cm³/mol. The number of hydrogen-bond donors (Lipinski definition) is 0. The van der Waals surface area contributed by atoms with Gasteiger partial charge < -0.3 is 9.47 Å². The molecule has 3 nitrogen and oxygen atoms in total. The highest BCUT2D eigenvalue weighted by Gasteiger charge is 2.27. The molecule has 0 radical (unpaired) electrons. The van der Waals surface area contributed by atoms with E-state index in [4.69, 9.17) is 26.1 Å². The van der Waals surface area contributed by atoms with Gasteiger partial charge in [-0.05, 0) is 38.0 Å². The van der Waals surface area contributed by atoms with Crippen LogP contribution in [0.15, 0.2) is 17.1 Å². The van der Waals surface area contributed by atoms with Crippen LogP contribution in [0.2, 0.25) is 0 Å². The number of fused-ring (bicyclic) bond motifs is 1. The second kappa shape index (κ2) is 5.41. The minimum atomic E-state index is -0.0893. The maximum atomic E-state index is 5.89. The maximum Gasteiger partial charge on any atom is 0.161 e. The summed E-state index contributed by atoms with van der Waals surface area (Å²) < 4.78 is 10.7. The highest BCUT2D eigenvalue weighted by molar-refractivity contribution is 6.20. The first kappa shape index (κ1) is 14.2. The Bertz CT molecular complexity index is 509. The van der Waals surface area contributed by atoms with Crippen LogP contribution in [-0.4, -0.2) is 31.4 Å². The van der Waals surface area contributed by atoms with E-state index in [0.717, 1.165) is 35.6 Å². The summed E-state index contributed by atoms with van der Waals surface area (Å²) in [6, 6.07) is 4.06. The number of methoxy groups -OCH3 is 2. The van der Waals surface area contributed by atoms with E-state index in [0.29, 0.717) is 5.88 Å². The highest BCUT2D eigenvalue weighted by Crippen LogP contribution is 2.36. The van der Waals surface area contributed by atoms with Crippen LogP contribution in [0.4, 0.5) is 0 Å². The van der Waals surface area contributed by atoms with E-state index < -0.39 is 0 Å². The van der Waals surface area contributed by atoms with Crippen LogP contribution in [0.5, 0.6) is 11.5 Å². The van der Waals surface area contributed by atoms with Crippen molar-refractivity contribution in [2.45, 2.75) is 32.2 Å². The molecule has 1 aliphatic rings. The zero-order chi connectivity index (χ0) is 14.0. The van der Waals surface area contributed by atoms with Gasteiger partial charge in [0.1, 0.15) is 0 Å². The lowest BCUT2D eigenvalue weighted by molar-refractivity contribution is 0.353. The van der Waals surface area contributed by atoms with Gasteiger partial charge in [0.25, 0.3) is 0 Å². The Balaban J connectivity index is 2.55. The Kier molecular flexibility index (Phi) is 4.04. The Hall–Kier alpha value is -1.22. The van der Waals surface area contributed by atoms with Gasteiger partial charge in [-0.15, -0.1) is 11.6 Å². The lowest BCUT2D eigenvalue weighted by Gasteiger charge is -2.29. The number of aliphatic imine (C=N–C) groups is 1. The first-order valence-electron chi connectivity index (χ1n) is 6.40. The molecular formula is C15H20ClNO2. The van der Waals surface area contributed by atoms with Crippen molar-refractivity contribution >= 4 is 17.3 Å². The molecule has 0 saturated carbocycles. The average molecular weight is 282 g/mol. The smallest absolute Gasteiger partial charge is 0.161 e. The van der Waals surface area contributed by atoms with Gasteiger partial charge in [0, 0.05) is 23.6 Å². The molecular weight excluding hydrogens is 262 g/mol. The lowest BCUT2D eigenvalue weighted by Crippen LogP contribution is -2.29. The molecule has 0 N–H and O–H groups in total.